The fourth-order valence-corrected chi connectivity index (χ4v) is 2.50. The molecule has 112 valence electrons. The van der Waals surface area contributed by atoms with Crippen molar-refractivity contribution in [2.24, 2.45) is 11.1 Å². The van der Waals surface area contributed by atoms with E-state index < -0.39 is 5.60 Å². The van der Waals surface area contributed by atoms with Crippen LogP contribution in [0.5, 0.6) is 0 Å². The molecule has 19 heavy (non-hydrogen) atoms. The van der Waals surface area contributed by atoms with E-state index in [4.69, 9.17) is 15.2 Å². The van der Waals surface area contributed by atoms with Crippen molar-refractivity contribution in [1.82, 2.24) is 4.90 Å². The fraction of sp³-hybridized carbons (Fsp3) is 0.929. The van der Waals surface area contributed by atoms with Crippen molar-refractivity contribution in [2.45, 2.75) is 45.6 Å². The highest BCUT2D eigenvalue weighted by Gasteiger charge is 2.36. The minimum atomic E-state index is -0.462. The molecule has 0 saturated carbocycles. The van der Waals surface area contributed by atoms with Gasteiger partial charge < -0.3 is 20.1 Å². The van der Waals surface area contributed by atoms with Gasteiger partial charge in [0.25, 0.3) is 0 Å². The lowest BCUT2D eigenvalue weighted by Crippen LogP contribution is -2.47. The summed E-state index contributed by atoms with van der Waals surface area (Å²) in [5, 5.41) is 0. The van der Waals surface area contributed by atoms with Gasteiger partial charge in [0.05, 0.1) is 6.61 Å². The lowest BCUT2D eigenvalue weighted by Gasteiger charge is -2.35. The van der Waals surface area contributed by atoms with Crippen LogP contribution in [0, 0.1) is 5.41 Å². The highest BCUT2D eigenvalue weighted by Crippen LogP contribution is 2.29. The van der Waals surface area contributed by atoms with Crippen molar-refractivity contribution < 1.29 is 14.3 Å². The maximum Gasteiger partial charge on any atom is 0.410 e. The SMILES string of the molecule is COCC1(CN)CCCCN(C(=O)OC(C)(C)C)C1. The Morgan fingerprint density at radius 1 is 1.37 bits per heavy atom. The first-order chi connectivity index (χ1) is 8.82. The Labute approximate surface area is 116 Å². The number of nitrogens with zero attached hydrogens (tertiary/aromatic N) is 1. The largest absolute Gasteiger partial charge is 0.444 e. The number of hydrogen-bond donors (Lipinski definition) is 1. The summed E-state index contributed by atoms with van der Waals surface area (Å²) in [6.07, 6.45) is 2.81. The van der Waals surface area contributed by atoms with Crippen molar-refractivity contribution in [2.75, 3.05) is 33.4 Å². The number of methoxy groups -OCH3 is 1. The lowest BCUT2D eigenvalue weighted by atomic mass is 9.84. The van der Waals surface area contributed by atoms with Gasteiger partial charge in [0.1, 0.15) is 5.60 Å². The normalized spacial score (nSPS) is 25.0. The topological polar surface area (TPSA) is 64.8 Å². The molecule has 0 spiro atoms. The van der Waals surface area contributed by atoms with Gasteiger partial charge in [-0.05, 0) is 33.6 Å². The van der Waals surface area contributed by atoms with Gasteiger partial charge >= 0.3 is 6.09 Å². The minimum Gasteiger partial charge on any atom is -0.444 e. The first-order valence-electron chi connectivity index (χ1n) is 6.99. The summed E-state index contributed by atoms with van der Waals surface area (Å²) in [7, 11) is 1.68. The van der Waals surface area contributed by atoms with Crippen molar-refractivity contribution in [3.63, 3.8) is 0 Å². The van der Waals surface area contributed by atoms with Crippen LogP contribution in [0.3, 0.4) is 0 Å². The van der Waals surface area contributed by atoms with Gasteiger partial charge in [-0.1, -0.05) is 6.42 Å². The van der Waals surface area contributed by atoms with E-state index in [2.05, 4.69) is 0 Å². The number of rotatable bonds is 3. The van der Waals surface area contributed by atoms with Crippen LogP contribution in [0.15, 0.2) is 0 Å². The van der Waals surface area contributed by atoms with Crippen LogP contribution in [0.1, 0.15) is 40.0 Å². The summed E-state index contributed by atoms with van der Waals surface area (Å²) >= 11 is 0. The number of ether oxygens (including phenoxy) is 2. The maximum atomic E-state index is 12.2. The Bertz CT molecular complexity index is 302. The molecule has 2 N–H and O–H groups in total. The van der Waals surface area contributed by atoms with Crippen molar-refractivity contribution in [3.8, 4) is 0 Å². The predicted octanol–water partition coefficient (Wildman–Crippen LogP) is 2.00. The second-order valence-corrected chi connectivity index (χ2v) is 6.50. The molecule has 1 saturated heterocycles. The zero-order valence-electron chi connectivity index (χ0n) is 12.7. The summed E-state index contributed by atoms with van der Waals surface area (Å²) in [4.78, 5) is 14.0. The zero-order valence-corrected chi connectivity index (χ0v) is 12.7. The monoisotopic (exact) mass is 272 g/mol. The third-order valence-electron chi connectivity index (χ3n) is 3.45. The van der Waals surface area contributed by atoms with E-state index in [0.717, 1.165) is 25.8 Å². The molecule has 5 heteroatoms. The predicted molar refractivity (Wildman–Crippen MR) is 75.0 cm³/mol. The van der Waals surface area contributed by atoms with Gasteiger partial charge in [-0.15, -0.1) is 0 Å². The first kappa shape index (κ1) is 16.2. The van der Waals surface area contributed by atoms with Crippen LogP contribution in [0.2, 0.25) is 0 Å². The van der Waals surface area contributed by atoms with Crippen LogP contribution in [-0.4, -0.2) is 49.9 Å². The van der Waals surface area contributed by atoms with E-state index in [1.54, 1.807) is 12.0 Å². The van der Waals surface area contributed by atoms with E-state index in [1.807, 2.05) is 20.8 Å². The van der Waals surface area contributed by atoms with Gasteiger partial charge in [-0.25, -0.2) is 4.79 Å². The van der Waals surface area contributed by atoms with Crippen molar-refractivity contribution in [1.29, 1.82) is 0 Å². The Morgan fingerprint density at radius 2 is 2.05 bits per heavy atom. The van der Waals surface area contributed by atoms with Gasteiger partial charge in [-0.3, -0.25) is 0 Å². The number of nitrogens with two attached hydrogens (primary N) is 1. The third kappa shape index (κ3) is 4.99. The number of amides is 1. The van der Waals surface area contributed by atoms with Gasteiger partial charge in [-0.2, -0.15) is 0 Å². The summed E-state index contributed by atoms with van der Waals surface area (Å²) < 4.78 is 10.8. The molecule has 1 aliphatic rings. The maximum absolute atomic E-state index is 12.2. The summed E-state index contributed by atoms with van der Waals surface area (Å²) in [5.74, 6) is 0. The number of likely N-dealkylation sites (tertiary alicyclic amines) is 1. The first-order valence-corrected chi connectivity index (χ1v) is 6.99. The number of hydrogen-bond acceptors (Lipinski definition) is 4. The Balaban J connectivity index is 2.75. The molecule has 0 aromatic heterocycles. The zero-order chi connectivity index (χ0) is 14.5. The molecule has 1 heterocycles. The molecular weight excluding hydrogens is 244 g/mol. The highest BCUT2D eigenvalue weighted by molar-refractivity contribution is 5.68. The summed E-state index contributed by atoms with van der Waals surface area (Å²) in [6.45, 7) is 8.12. The van der Waals surface area contributed by atoms with E-state index in [-0.39, 0.29) is 11.5 Å². The molecular formula is C14H28N2O3. The molecule has 5 nitrogen and oxygen atoms in total. The van der Waals surface area contributed by atoms with Crippen LogP contribution < -0.4 is 5.73 Å². The molecule has 1 fully saturated rings. The highest BCUT2D eigenvalue weighted by atomic mass is 16.6. The van der Waals surface area contributed by atoms with Crippen LogP contribution >= 0.6 is 0 Å². The van der Waals surface area contributed by atoms with Crippen LogP contribution in [0.4, 0.5) is 4.79 Å². The molecule has 0 bridgehead atoms. The van der Waals surface area contributed by atoms with E-state index in [1.165, 1.54) is 0 Å². The van der Waals surface area contributed by atoms with E-state index >= 15 is 0 Å². The molecule has 0 radical (unpaired) electrons. The Hall–Kier alpha value is -0.810. The average molecular weight is 272 g/mol. The molecule has 0 aromatic rings. The van der Waals surface area contributed by atoms with Gasteiger partial charge in [0.2, 0.25) is 0 Å². The Morgan fingerprint density at radius 3 is 2.58 bits per heavy atom. The van der Waals surface area contributed by atoms with Gasteiger partial charge in [0.15, 0.2) is 0 Å². The second kappa shape index (κ2) is 6.57. The molecule has 0 aromatic carbocycles. The summed E-state index contributed by atoms with van der Waals surface area (Å²) in [6, 6.07) is 0. The number of carbonyl (C=O) groups is 1. The number of carbonyl (C=O) groups excluding carboxylic acids is 1. The van der Waals surface area contributed by atoms with Crippen molar-refractivity contribution >= 4 is 6.09 Å². The average Bonchev–Trinajstić information content (AvgIpc) is 2.51. The standard InChI is InChI=1S/C14H28N2O3/c1-13(2,3)19-12(17)16-8-6-5-7-14(9-15,10-16)11-18-4/h5-11,15H2,1-4H3. The van der Waals surface area contributed by atoms with Gasteiger partial charge in [0, 0.05) is 32.2 Å². The molecule has 1 aliphatic heterocycles. The minimum absolute atomic E-state index is 0.137. The van der Waals surface area contributed by atoms with E-state index in [0.29, 0.717) is 19.7 Å². The Kier molecular flexibility index (Phi) is 5.62. The molecule has 0 aliphatic carbocycles. The lowest BCUT2D eigenvalue weighted by molar-refractivity contribution is 0.00808. The fourth-order valence-electron chi connectivity index (χ4n) is 2.50. The summed E-state index contributed by atoms with van der Waals surface area (Å²) in [5.41, 5.74) is 5.33. The van der Waals surface area contributed by atoms with Crippen LogP contribution in [-0.2, 0) is 9.47 Å². The third-order valence-corrected chi connectivity index (χ3v) is 3.45. The van der Waals surface area contributed by atoms with Crippen LogP contribution in [0.25, 0.3) is 0 Å². The quantitative estimate of drug-likeness (QED) is 0.853. The smallest absolute Gasteiger partial charge is 0.410 e. The molecule has 1 amide bonds. The molecule has 1 unspecified atom stereocenters. The van der Waals surface area contributed by atoms with E-state index in [9.17, 15) is 4.79 Å². The molecule has 1 atom stereocenters. The second-order valence-electron chi connectivity index (χ2n) is 6.50. The molecule has 1 rings (SSSR count). The van der Waals surface area contributed by atoms with Crippen molar-refractivity contribution in [3.05, 3.63) is 0 Å².